The predicted octanol–water partition coefficient (Wildman–Crippen LogP) is 2.39. The van der Waals surface area contributed by atoms with Crippen LogP contribution in [0.2, 0.25) is 0 Å². The van der Waals surface area contributed by atoms with Crippen LogP contribution in [0.3, 0.4) is 0 Å². The summed E-state index contributed by atoms with van der Waals surface area (Å²) in [6.45, 7) is 1.81. The number of nitrogens with zero attached hydrogens (tertiary/aromatic N) is 1. The van der Waals surface area contributed by atoms with Crippen LogP contribution in [-0.2, 0) is 4.79 Å². The van der Waals surface area contributed by atoms with E-state index in [4.69, 9.17) is 4.52 Å². The summed E-state index contributed by atoms with van der Waals surface area (Å²) >= 11 is 0. The van der Waals surface area contributed by atoms with Crippen molar-refractivity contribution in [1.82, 2.24) is 5.16 Å². The summed E-state index contributed by atoms with van der Waals surface area (Å²) in [6.07, 6.45) is 1.64. The van der Waals surface area contributed by atoms with Gasteiger partial charge in [0, 0.05) is 23.5 Å². The lowest BCUT2D eigenvalue weighted by atomic mass is 10.1. The van der Waals surface area contributed by atoms with Gasteiger partial charge in [-0.2, -0.15) is 0 Å². The van der Waals surface area contributed by atoms with Crippen molar-refractivity contribution in [2.24, 2.45) is 0 Å². The summed E-state index contributed by atoms with van der Waals surface area (Å²) in [4.78, 5) is 11.8. The van der Waals surface area contributed by atoms with Gasteiger partial charge < -0.3 is 15.2 Å². The third-order valence-corrected chi connectivity index (χ3v) is 2.70. The van der Waals surface area contributed by atoms with Crippen molar-refractivity contribution in [2.45, 2.75) is 6.92 Å². The van der Waals surface area contributed by atoms with Crippen molar-refractivity contribution >= 4 is 23.0 Å². The van der Waals surface area contributed by atoms with Gasteiger partial charge in [-0.1, -0.05) is 23.4 Å². The highest BCUT2D eigenvalue weighted by molar-refractivity contribution is 6.31. The van der Waals surface area contributed by atoms with E-state index in [0.29, 0.717) is 17.2 Å². The molecule has 2 aromatic rings. The van der Waals surface area contributed by atoms with Gasteiger partial charge in [0.05, 0.1) is 5.57 Å². The van der Waals surface area contributed by atoms with E-state index in [1.165, 1.54) is 0 Å². The molecule has 1 aliphatic rings. The molecule has 0 saturated heterocycles. The fraction of sp³-hybridized carbons (Fsp3) is 0.0769. The molecule has 0 unspecified atom stereocenters. The molecule has 2 heterocycles. The topological polar surface area (TPSA) is 67.2 Å². The zero-order chi connectivity index (χ0) is 12.5. The number of hydrogen-bond donors (Lipinski definition) is 2. The number of benzene rings is 1. The van der Waals surface area contributed by atoms with E-state index in [0.717, 1.165) is 11.3 Å². The molecule has 1 amide bonds. The van der Waals surface area contributed by atoms with Gasteiger partial charge in [0.15, 0.2) is 5.82 Å². The number of rotatable bonds is 2. The fourth-order valence-electron chi connectivity index (χ4n) is 1.86. The number of amides is 1. The first kappa shape index (κ1) is 10.6. The monoisotopic (exact) mass is 241 g/mol. The number of anilines is 2. The van der Waals surface area contributed by atoms with Crippen LogP contribution in [0, 0.1) is 6.92 Å². The summed E-state index contributed by atoms with van der Waals surface area (Å²) in [6, 6.07) is 9.31. The van der Waals surface area contributed by atoms with Crippen LogP contribution in [0.1, 0.15) is 11.3 Å². The van der Waals surface area contributed by atoms with Crippen LogP contribution >= 0.6 is 0 Å². The number of aryl methyl sites for hydroxylation is 1. The van der Waals surface area contributed by atoms with Crippen LogP contribution in [0.25, 0.3) is 5.57 Å². The smallest absolute Gasteiger partial charge is 0.257 e. The Morgan fingerprint density at radius 2 is 2.22 bits per heavy atom. The van der Waals surface area contributed by atoms with Gasteiger partial charge in [-0.15, -0.1) is 0 Å². The van der Waals surface area contributed by atoms with Crippen LogP contribution in [0.4, 0.5) is 11.5 Å². The van der Waals surface area contributed by atoms with Crippen LogP contribution < -0.4 is 10.6 Å². The molecule has 0 bridgehead atoms. The maximum Gasteiger partial charge on any atom is 0.257 e. The number of carbonyl (C=O) groups is 1. The predicted molar refractivity (Wildman–Crippen MR) is 67.9 cm³/mol. The Hall–Kier alpha value is -2.56. The van der Waals surface area contributed by atoms with E-state index in [9.17, 15) is 4.79 Å². The van der Waals surface area contributed by atoms with E-state index in [1.807, 2.05) is 31.2 Å². The molecule has 0 atom stereocenters. The van der Waals surface area contributed by atoms with Crippen molar-refractivity contribution in [1.29, 1.82) is 0 Å². The number of nitrogens with one attached hydrogen (secondary N) is 2. The zero-order valence-corrected chi connectivity index (χ0v) is 9.73. The van der Waals surface area contributed by atoms with Crippen LogP contribution in [0.5, 0.6) is 0 Å². The van der Waals surface area contributed by atoms with Gasteiger partial charge in [-0.3, -0.25) is 4.79 Å². The minimum absolute atomic E-state index is 0.121. The molecule has 1 aromatic carbocycles. The lowest BCUT2D eigenvalue weighted by Gasteiger charge is -1.97. The largest absolute Gasteiger partial charge is 0.360 e. The summed E-state index contributed by atoms with van der Waals surface area (Å²) in [5.41, 5.74) is 2.30. The number of fused-ring (bicyclic) bond motifs is 1. The first-order valence-electron chi connectivity index (χ1n) is 5.55. The van der Waals surface area contributed by atoms with E-state index in [1.54, 1.807) is 12.3 Å². The Labute approximate surface area is 103 Å². The molecule has 2 N–H and O–H groups in total. The highest BCUT2D eigenvalue weighted by atomic mass is 16.5. The minimum atomic E-state index is -0.121. The molecule has 5 heteroatoms. The summed E-state index contributed by atoms with van der Waals surface area (Å²) in [5.74, 6) is 1.17. The molecule has 0 spiro atoms. The van der Waals surface area contributed by atoms with Gasteiger partial charge >= 0.3 is 0 Å². The first-order chi connectivity index (χ1) is 8.74. The Bertz CT molecular complexity index is 643. The molecular weight excluding hydrogens is 230 g/mol. The first-order valence-corrected chi connectivity index (χ1v) is 5.55. The molecule has 0 radical (unpaired) electrons. The maximum absolute atomic E-state index is 11.8. The number of aromatic nitrogens is 1. The quantitative estimate of drug-likeness (QED) is 0.792. The molecule has 3 rings (SSSR count). The van der Waals surface area contributed by atoms with E-state index in [-0.39, 0.29) is 5.91 Å². The zero-order valence-electron chi connectivity index (χ0n) is 9.73. The third kappa shape index (κ3) is 1.75. The van der Waals surface area contributed by atoms with E-state index < -0.39 is 0 Å². The number of hydrogen-bond acceptors (Lipinski definition) is 4. The maximum atomic E-state index is 11.8. The highest BCUT2D eigenvalue weighted by Crippen LogP contribution is 2.30. The Morgan fingerprint density at radius 3 is 3.00 bits per heavy atom. The molecule has 90 valence electrons. The average Bonchev–Trinajstić information content (AvgIpc) is 2.90. The van der Waals surface area contributed by atoms with Gasteiger partial charge in [0.2, 0.25) is 0 Å². The number of para-hydroxylation sites is 1. The fourth-order valence-corrected chi connectivity index (χ4v) is 1.86. The molecule has 0 saturated carbocycles. The lowest BCUT2D eigenvalue weighted by Crippen LogP contribution is -2.05. The summed E-state index contributed by atoms with van der Waals surface area (Å²) in [7, 11) is 0. The second-order valence-electron chi connectivity index (χ2n) is 4.02. The van der Waals surface area contributed by atoms with Crippen molar-refractivity contribution in [3.8, 4) is 0 Å². The van der Waals surface area contributed by atoms with Gasteiger partial charge in [0.1, 0.15) is 5.76 Å². The highest BCUT2D eigenvalue weighted by Gasteiger charge is 2.23. The summed E-state index contributed by atoms with van der Waals surface area (Å²) < 4.78 is 4.93. The second kappa shape index (κ2) is 4.03. The van der Waals surface area contributed by atoms with E-state index in [2.05, 4.69) is 15.8 Å². The molecule has 18 heavy (non-hydrogen) atoms. The van der Waals surface area contributed by atoms with Crippen molar-refractivity contribution in [3.63, 3.8) is 0 Å². The third-order valence-electron chi connectivity index (χ3n) is 2.70. The average molecular weight is 241 g/mol. The lowest BCUT2D eigenvalue weighted by molar-refractivity contribution is -0.110. The summed E-state index contributed by atoms with van der Waals surface area (Å²) in [5, 5.41) is 9.54. The van der Waals surface area contributed by atoms with Crippen LogP contribution in [0.15, 0.2) is 41.1 Å². The molecule has 0 aliphatic carbocycles. The van der Waals surface area contributed by atoms with Gasteiger partial charge in [-0.25, -0.2) is 0 Å². The van der Waals surface area contributed by atoms with Crippen molar-refractivity contribution in [2.75, 3.05) is 10.6 Å². The van der Waals surface area contributed by atoms with Crippen molar-refractivity contribution < 1.29 is 9.32 Å². The molecule has 1 aliphatic heterocycles. The molecule has 0 fully saturated rings. The minimum Gasteiger partial charge on any atom is -0.360 e. The molecule has 5 nitrogen and oxygen atoms in total. The Kier molecular flexibility index (Phi) is 2.37. The number of carbonyl (C=O) groups excluding carboxylic acids is 1. The van der Waals surface area contributed by atoms with Gasteiger partial charge in [-0.05, 0) is 13.0 Å². The standard InChI is InChI=1S/C13H11N3O2/c1-8-6-12(16-18-8)14-7-10-9-4-2-3-5-11(9)15-13(10)17/h2-7H,1H3,(H,14,16)(H,15,17). The van der Waals surface area contributed by atoms with Crippen molar-refractivity contribution in [3.05, 3.63) is 47.9 Å². The molecular formula is C13H11N3O2. The van der Waals surface area contributed by atoms with Crippen LogP contribution in [-0.4, -0.2) is 11.1 Å². The second-order valence-corrected chi connectivity index (χ2v) is 4.02. The Morgan fingerprint density at radius 1 is 1.39 bits per heavy atom. The van der Waals surface area contributed by atoms with Gasteiger partial charge in [0.25, 0.3) is 5.91 Å². The SMILES string of the molecule is Cc1cc(NC=C2C(=O)Nc3ccccc32)no1. The molecule has 1 aromatic heterocycles. The van der Waals surface area contributed by atoms with E-state index >= 15 is 0 Å². The Balaban J connectivity index is 1.90. The normalized spacial score (nSPS) is 15.6.